The highest BCUT2D eigenvalue weighted by Crippen LogP contribution is 2.32. The van der Waals surface area contributed by atoms with Gasteiger partial charge in [-0.2, -0.15) is 0 Å². The molecule has 2 aromatic heterocycles. The van der Waals surface area contributed by atoms with Crippen molar-refractivity contribution >= 4 is 5.78 Å². The van der Waals surface area contributed by atoms with Gasteiger partial charge in [0.1, 0.15) is 17.8 Å². The number of ether oxygens (including phenoxy) is 2. The van der Waals surface area contributed by atoms with Gasteiger partial charge in [-0.3, -0.25) is 4.40 Å². The lowest BCUT2D eigenvalue weighted by atomic mass is 10.1. The molecule has 0 fully saturated rings. The number of fused-ring (bicyclic) bond motifs is 1. The number of hydrogen-bond acceptors (Lipinski definition) is 5. The Morgan fingerprint density at radius 2 is 2.05 bits per heavy atom. The normalized spacial score (nSPS) is 10.6. The minimum absolute atomic E-state index is 0.566. The van der Waals surface area contributed by atoms with Crippen LogP contribution in [0.2, 0.25) is 0 Å². The van der Waals surface area contributed by atoms with Gasteiger partial charge < -0.3 is 9.47 Å². The Balaban J connectivity index is 2.14. The van der Waals surface area contributed by atoms with Crippen LogP contribution < -0.4 is 9.47 Å². The number of hydrogen-bond donors (Lipinski definition) is 0. The molecule has 1 aromatic carbocycles. The van der Waals surface area contributed by atoms with Crippen molar-refractivity contribution in [2.75, 3.05) is 14.2 Å². The average Bonchev–Trinajstić information content (AvgIpc) is 2.93. The number of aromatic nitrogens is 4. The molecule has 0 saturated heterocycles. The predicted molar refractivity (Wildman–Crippen MR) is 69.3 cm³/mol. The van der Waals surface area contributed by atoms with Crippen molar-refractivity contribution in [3.63, 3.8) is 0 Å². The van der Waals surface area contributed by atoms with Crippen molar-refractivity contribution in [3.8, 4) is 22.6 Å². The fourth-order valence-electron chi connectivity index (χ4n) is 1.91. The third kappa shape index (κ3) is 1.97. The van der Waals surface area contributed by atoms with Gasteiger partial charge in [-0.15, -0.1) is 10.2 Å². The monoisotopic (exact) mass is 256 g/mol. The van der Waals surface area contributed by atoms with E-state index in [1.54, 1.807) is 31.1 Å². The van der Waals surface area contributed by atoms with Crippen LogP contribution >= 0.6 is 0 Å². The number of nitrogens with zero attached hydrogens (tertiary/aromatic N) is 4. The van der Waals surface area contributed by atoms with Gasteiger partial charge in [0.05, 0.1) is 14.2 Å². The molecule has 0 saturated carbocycles. The Labute approximate surface area is 109 Å². The molecule has 6 heteroatoms. The molecule has 96 valence electrons. The summed E-state index contributed by atoms with van der Waals surface area (Å²) in [5.41, 5.74) is 1.86. The molecule has 19 heavy (non-hydrogen) atoms. The number of benzene rings is 1. The van der Waals surface area contributed by atoms with Crippen molar-refractivity contribution in [1.82, 2.24) is 19.6 Å². The van der Waals surface area contributed by atoms with Gasteiger partial charge in [0, 0.05) is 29.6 Å². The lowest BCUT2D eigenvalue weighted by Crippen LogP contribution is -1.93. The van der Waals surface area contributed by atoms with E-state index in [1.165, 1.54) is 0 Å². The Kier molecular flexibility index (Phi) is 2.75. The van der Waals surface area contributed by atoms with Gasteiger partial charge in [0.2, 0.25) is 0 Å². The molecule has 3 rings (SSSR count). The van der Waals surface area contributed by atoms with Crippen LogP contribution in [0.15, 0.2) is 36.9 Å². The second-order valence-corrected chi connectivity index (χ2v) is 3.95. The smallest absolute Gasteiger partial charge is 0.254 e. The SMILES string of the molecule is COc1ccc(-c2cnc3nncn3c2)c(OC)c1. The highest BCUT2D eigenvalue weighted by molar-refractivity contribution is 5.70. The zero-order valence-electron chi connectivity index (χ0n) is 10.6. The molecule has 0 atom stereocenters. The first-order valence-corrected chi connectivity index (χ1v) is 5.69. The first kappa shape index (κ1) is 11.5. The summed E-state index contributed by atoms with van der Waals surface area (Å²) < 4.78 is 12.3. The summed E-state index contributed by atoms with van der Waals surface area (Å²) in [6.07, 6.45) is 5.27. The van der Waals surface area contributed by atoms with Crippen LogP contribution in [0.4, 0.5) is 0 Å². The lowest BCUT2D eigenvalue weighted by molar-refractivity contribution is 0.395. The van der Waals surface area contributed by atoms with Gasteiger partial charge in [-0.25, -0.2) is 4.98 Å². The maximum Gasteiger partial charge on any atom is 0.254 e. The van der Waals surface area contributed by atoms with Crippen LogP contribution in [-0.2, 0) is 0 Å². The molecule has 0 N–H and O–H groups in total. The minimum Gasteiger partial charge on any atom is -0.497 e. The summed E-state index contributed by atoms with van der Waals surface area (Å²) >= 11 is 0. The summed E-state index contributed by atoms with van der Waals surface area (Å²) in [5, 5.41) is 7.68. The molecule has 0 aliphatic heterocycles. The molecule has 3 aromatic rings. The highest BCUT2D eigenvalue weighted by atomic mass is 16.5. The van der Waals surface area contributed by atoms with E-state index in [9.17, 15) is 0 Å². The van der Waals surface area contributed by atoms with Crippen LogP contribution in [0.3, 0.4) is 0 Å². The van der Waals surface area contributed by atoms with E-state index in [4.69, 9.17) is 9.47 Å². The van der Waals surface area contributed by atoms with E-state index in [-0.39, 0.29) is 0 Å². The van der Waals surface area contributed by atoms with E-state index in [0.717, 1.165) is 22.6 Å². The largest absolute Gasteiger partial charge is 0.497 e. The van der Waals surface area contributed by atoms with Gasteiger partial charge >= 0.3 is 0 Å². The predicted octanol–water partition coefficient (Wildman–Crippen LogP) is 1.81. The van der Waals surface area contributed by atoms with Crippen molar-refractivity contribution in [3.05, 3.63) is 36.9 Å². The molecular formula is C13H12N4O2. The second-order valence-electron chi connectivity index (χ2n) is 3.95. The summed E-state index contributed by atoms with van der Waals surface area (Å²) in [4.78, 5) is 4.24. The van der Waals surface area contributed by atoms with Crippen LogP contribution in [0.5, 0.6) is 11.5 Å². The summed E-state index contributed by atoms with van der Waals surface area (Å²) in [6.45, 7) is 0. The quantitative estimate of drug-likeness (QED) is 0.715. The second kappa shape index (κ2) is 4.56. The first-order valence-electron chi connectivity index (χ1n) is 5.69. The minimum atomic E-state index is 0.566. The van der Waals surface area contributed by atoms with E-state index < -0.39 is 0 Å². The summed E-state index contributed by atoms with van der Waals surface area (Å²) in [5.74, 6) is 2.05. The van der Waals surface area contributed by atoms with Crippen molar-refractivity contribution < 1.29 is 9.47 Å². The molecule has 0 aliphatic carbocycles. The fraction of sp³-hybridized carbons (Fsp3) is 0.154. The maximum atomic E-state index is 5.39. The van der Waals surface area contributed by atoms with E-state index in [0.29, 0.717) is 5.78 Å². The summed E-state index contributed by atoms with van der Waals surface area (Å²) in [6, 6.07) is 5.66. The maximum absolute atomic E-state index is 5.39. The van der Waals surface area contributed by atoms with E-state index in [2.05, 4.69) is 15.2 Å². The molecule has 0 bridgehead atoms. The molecular weight excluding hydrogens is 244 g/mol. The Bertz CT molecular complexity index is 723. The molecule has 0 aliphatic rings. The fourth-order valence-corrected chi connectivity index (χ4v) is 1.91. The first-order chi connectivity index (χ1) is 9.31. The molecule has 0 spiro atoms. The van der Waals surface area contributed by atoms with Crippen molar-refractivity contribution in [2.45, 2.75) is 0 Å². The Morgan fingerprint density at radius 3 is 2.84 bits per heavy atom. The topological polar surface area (TPSA) is 61.5 Å². The van der Waals surface area contributed by atoms with Crippen LogP contribution in [0, 0.1) is 0 Å². The van der Waals surface area contributed by atoms with Gasteiger partial charge in [0.15, 0.2) is 0 Å². The lowest BCUT2D eigenvalue weighted by Gasteiger charge is -2.10. The number of rotatable bonds is 3. The Morgan fingerprint density at radius 1 is 1.16 bits per heavy atom. The molecule has 0 unspecified atom stereocenters. The van der Waals surface area contributed by atoms with Crippen LogP contribution in [-0.4, -0.2) is 33.8 Å². The third-order valence-corrected chi connectivity index (χ3v) is 2.87. The van der Waals surface area contributed by atoms with Crippen LogP contribution in [0.25, 0.3) is 16.9 Å². The van der Waals surface area contributed by atoms with Gasteiger partial charge in [-0.1, -0.05) is 0 Å². The summed E-state index contributed by atoms with van der Waals surface area (Å²) in [7, 11) is 3.25. The molecule has 0 amide bonds. The standard InChI is InChI=1S/C13H12N4O2/c1-18-10-3-4-11(12(5-10)19-2)9-6-14-13-16-15-8-17(13)7-9/h3-8H,1-2H3. The zero-order valence-corrected chi connectivity index (χ0v) is 10.6. The third-order valence-electron chi connectivity index (χ3n) is 2.87. The molecule has 2 heterocycles. The Hall–Kier alpha value is -2.63. The van der Waals surface area contributed by atoms with E-state index in [1.807, 2.05) is 24.4 Å². The van der Waals surface area contributed by atoms with Crippen LogP contribution in [0.1, 0.15) is 0 Å². The highest BCUT2D eigenvalue weighted by Gasteiger charge is 2.09. The van der Waals surface area contributed by atoms with Gasteiger partial charge in [-0.05, 0) is 12.1 Å². The van der Waals surface area contributed by atoms with Crippen molar-refractivity contribution in [1.29, 1.82) is 0 Å². The zero-order chi connectivity index (χ0) is 13.2. The van der Waals surface area contributed by atoms with Crippen molar-refractivity contribution in [2.24, 2.45) is 0 Å². The molecule has 0 radical (unpaired) electrons. The average molecular weight is 256 g/mol. The van der Waals surface area contributed by atoms with E-state index >= 15 is 0 Å². The molecule has 6 nitrogen and oxygen atoms in total. The number of methoxy groups -OCH3 is 2. The van der Waals surface area contributed by atoms with Gasteiger partial charge in [0.25, 0.3) is 5.78 Å².